The van der Waals surface area contributed by atoms with E-state index in [0.717, 1.165) is 37.9 Å². The van der Waals surface area contributed by atoms with Crippen LogP contribution in [0, 0.1) is 11.3 Å². The molecule has 3 heteroatoms. The molecule has 1 aromatic rings. The molecule has 1 aliphatic carbocycles. The van der Waals surface area contributed by atoms with Crippen LogP contribution in [0.15, 0.2) is 24.3 Å². The summed E-state index contributed by atoms with van der Waals surface area (Å²) in [6.45, 7) is 3.20. The first-order valence-electron chi connectivity index (χ1n) is 8.28. The maximum absolute atomic E-state index is 11.6. The van der Waals surface area contributed by atoms with E-state index in [0.29, 0.717) is 19.1 Å². The van der Waals surface area contributed by atoms with Crippen molar-refractivity contribution in [3.63, 3.8) is 0 Å². The van der Waals surface area contributed by atoms with Gasteiger partial charge in [-0.15, -0.1) is 0 Å². The average molecular weight is 289 g/mol. The number of ether oxygens (including phenoxy) is 1. The molecule has 2 aliphatic rings. The highest BCUT2D eigenvalue weighted by atomic mass is 16.5. The molecule has 1 aromatic carbocycles. The highest BCUT2D eigenvalue weighted by molar-refractivity contribution is 5.37. The first-order chi connectivity index (χ1) is 10.1. The fourth-order valence-corrected chi connectivity index (χ4v) is 4.48. The van der Waals surface area contributed by atoms with E-state index in [-0.39, 0.29) is 5.41 Å². The number of hydrogen-bond donors (Lipinski definition) is 2. The predicted octanol–water partition coefficient (Wildman–Crippen LogP) is 2.90. The summed E-state index contributed by atoms with van der Waals surface area (Å²) >= 11 is 0. The highest BCUT2D eigenvalue weighted by Gasteiger charge is 2.55. The molecule has 1 aliphatic heterocycles. The molecule has 3 atom stereocenters. The van der Waals surface area contributed by atoms with E-state index in [1.807, 2.05) is 18.2 Å². The van der Waals surface area contributed by atoms with E-state index in [4.69, 9.17) is 10.5 Å². The molecule has 3 rings (SSSR count). The zero-order chi connectivity index (χ0) is 14.9. The Kier molecular flexibility index (Phi) is 3.98. The van der Waals surface area contributed by atoms with Gasteiger partial charge >= 0.3 is 0 Å². The van der Waals surface area contributed by atoms with E-state index in [9.17, 15) is 5.11 Å². The summed E-state index contributed by atoms with van der Waals surface area (Å²) in [6, 6.07) is 8.15. The molecule has 1 heterocycles. The Bertz CT molecular complexity index is 504. The van der Waals surface area contributed by atoms with Crippen molar-refractivity contribution in [2.45, 2.75) is 51.0 Å². The molecule has 0 spiro atoms. The molecule has 3 nitrogen and oxygen atoms in total. The number of fused-ring (bicyclic) bond motifs is 1. The zero-order valence-electron chi connectivity index (χ0n) is 13.0. The summed E-state index contributed by atoms with van der Waals surface area (Å²) in [4.78, 5) is 0. The van der Waals surface area contributed by atoms with Crippen molar-refractivity contribution in [2.75, 3.05) is 13.2 Å². The fraction of sp³-hybridized carbons (Fsp3) is 0.667. The Morgan fingerprint density at radius 1 is 1.33 bits per heavy atom. The normalized spacial score (nSPS) is 35.9. The van der Waals surface area contributed by atoms with Crippen LogP contribution < -0.4 is 10.5 Å². The molecule has 0 bridgehead atoms. The van der Waals surface area contributed by atoms with Gasteiger partial charge in [0.05, 0.1) is 12.2 Å². The number of nitrogens with two attached hydrogens (primary N) is 1. The third-order valence-electron chi connectivity index (χ3n) is 5.84. The number of benzene rings is 1. The average Bonchev–Trinajstić information content (AvgIpc) is 2.54. The van der Waals surface area contributed by atoms with Crippen molar-refractivity contribution in [1.29, 1.82) is 0 Å². The van der Waals surface area contributed by atoms with Crippen LogP contribution in [-0.2, 0) is 6.42 Å². The van der Waals surface area contributed by atoms with Gasteiger partial charge in [0.25, 0.3) is 0 Å². The summed E-state index contributed by atoms with van der Waals surface area (Å²) < 4.78 is 6.00. The van der Waals surface area contributed by atoms with Crippen LogP contribution in [0.1, 0.15) is 44.6 Å². The molecule has 0 amide bonds. The summed E-state index contributed by atoms with van der Waals surface area (Å²) in [5, 5.41) is 11.6. The van der Waals surface area contributed by atoms with Crippen molar-refractivity contribution >= 4 is 0 Å². The van der Waals surface area contributed by atoms with E-state index < -0.39 is 5.60 Å². The van der Waals surface area contributed by atoms with Crippen molar-refractivity contribution < 1.29 is 9.84 Å². The topological polar surface area (TPSA) is 55.5 Å². The lowest BCUT2D eigenvalue weighted by molar-refractivity contribution is -0.162. The Morgan fingerprint density at radius 3 is 2.90 bits per heavy atom. The summed E-state index contributed by atoms with van der Waals surface area (Å²) in [5.74, 6) is 1.29. The minimum Gasteiger partial charge on any atom is -0.493 e. The van der Waals surface area contributed by atoms with E-state index >= 15 is 0 Å². The predicted molar refractivity (Wildman–Crippen MR) is 84.3 cm³/mol. The van der Waals surface area contributed by atoms with Crippen LogP contribution in [0.4, 0.5) is 0 Å². The Labute approximate surface area is 127 Å². The molecule has 21 heavy (non-hydrogen) atoms. The molecular weight excluding hydrogens is 262 g/mol. The Morgan fingerprint density at radius 2 is 2.14 bits per heavy atom. The van der Waals surface area contributed by atoms with Crippen molar-refractivity contribution in [1.82, 2.24) is 0 Å². The standard InChI is InChI=1S/C18H27NO2/c1-2-15-8-5-6-10-18(15,20)17(12-19)11-14-7-3-4-9-16(14)21-13-17/h3-4,7,9,15,20H,2,5-6,8,10-13,19H2,1H3. The number of aliphatic hydroxyl groups is 1. The van der Waals surface area contributed by atoms with Gasteiger partial charge in [0, 0.05) is 12.0 Å². The molecule has 1 saturated carbocycles. The van der Waals surface area contributed by atoms with Gasteiger partial charge in [0.15, 0.2) is 0 Å². The second kappa shape index (κ2) is 5.62. The van der Waals surface area contributed by atoms with Crippen LogP contribution in [0.2, 0.25) is 0 Å². The molecule has 0 radical (unpaired) electrons. The lowest BCUT2D eigenvalue weighted by Gasteiger charge is -2.54. The van der Waals surface area contributed by atoms with Crippen molar-refractivity contribution in [2.24, 2.45) is 17.1 Å². The van der Waals surface area contributed by atoms with Crippen molar-refractivity contribution in [3.8, 4) is 5.75 Å². The van der Waals surface area contributed by atoms with Crippen LogP contribution >= 0.6 is 0 Å². The summed E-state index contributed by atoms with van der Waals surface area (Å²) in [6.07, 6.45) is 6.12. The van der Waals surface area contributed by atoms with Gasteiger partial charge in [0.1, 0.15) is 5.75 Å². The first-order valence-corrected chi connectivity index (χ1v) is 8.28. The third-order valence-corrected chi connectivity index (χ3v) is 5.84. The number of rotatable bonds is 3. The van der Waals surface area contributed by atoms with E-state index in [2.05, 4.69) is 13.0 Å². The molecule has 3 unspecified atom stereocenters. The van der Waals surface area contributed by atoms with Gasteiger partial charge in [-0.25, -0.2) is 0 Å². The zero-order valence-corrected chi connectivity index (χ0v) is 13.0. The molecule has 1 fully saturated rings. The smallest absolute Gasteiger partial charge is 0.122 e. The van der Waals surface area contributed by atoms with Gasteiger partial charge in [-0.1, -0.05) is 44.4 Å². The maximum Gasteiger partial charge on any atom is 0.122 e. The maximum atomic E-state index is 11.6. The molecule has 3 N–H and O–H groups in total. The van der Waals surface area contributed by atoms with Gasteiger partial charge in [0.2, 0.25) is 0 Å². The van der Waals surface area contributed by atoms with Crippen LogP contribution in [-0.4, -0.2) is 23.9 Å². The van der Waals surface area contributed by atoms with E-state index in [1.165, 1.54) is 12.0 Å². The molecular formula is C18H27NO2. The monoisotopic (exact) mass is 289 g/mol. The Hall–Kier alpha value is -1.06. The number of para-hydroxylation sites is 1. The first kappa shape index (κ1) is 14.9. The third kappa shape index (κ3) is 2.27. The minimum atomic E-state index is -0.692. The summed E-state index contributed by atoms with van der Waals surface area (Å²) in [7, 11) is 0. The molecule has 0 aromatic heterocycles. The number of hydrogen-bond acceptors (Lipinski definition) is 3. The largest absolute Gasteiger partial charge is 0.493 e. The quantitative estimate of drug-likeness (QED) is 0.899. The minimum absolute atomic E-state index is 0.337. The second-order valence-electron chi connectivity index (χ2n) is 6.83. The van der Waals surface area contributed by atoms with Gasteiger partial charge < -0.3 is 15.6 Å². The second-order valence-corrected chi connectivity index (χ2v) is 6.83. The lowest BCUT2D eigenvalue weighted by atomic mass is 9.57. The highest BCUT2D eigenvalue weighted by Crippen LogP contribution is 2.51. The lowest BCUT2D eigenvalue weighted by Crippen LogP contribution is -2.62. The SMILES string of the molecule is CCC1CCCCC1(O)C1(CN)COc2ccccc2C1. The summed E-state index contributed by atoms with van der Waals surface area (Å²) in [5.41, 5.74) is 6.33. The van der Waals surface area contributed by atoms with Gasteiger partial charge in [-0.3, -0.25) is 0 Å². The molecule has 116 valence electrons. The Balaban J connectivity index is 1.97. The van der Waals surface area contributed by atoms with Crippen LogP contribution in [0.3, 0.4) is 0 Å². The van der Waals surface area contributed by atoms with Crippen LogP contribution in [0.25, 0.3) is 0 Å². The van der Waals surface area contributed by atoms with Gasteiger partial charge in [-0.05, 0) is 36.8 Å². The fourth-order valence-electron chi connectivity index (χ4n) is 4.48. The van der Waals surface area contributed by atoms with Crippen LogP contribution in [0.5, 0.6) is 5.75 Å². The van der Waals surface area contributed by atoms with E-state index in [1.54, 1.807) is 0 Å². The van der Waals surface area contributed by atoms with Gasteiger partial charge in [-0.2, -0.15) is 0 Å². The van der Waals surface area contributed by atoms with Crippen molar-refractivity contribution in [3.05, 3.63) is 29.8 Å². The molecule has 0 saturated heterocycles.